The molecule has 0 spiro atoms. The summed E-state index contributed by atoms with van der Waals surface area (Å²) in [7, 11) is 1.68. The summed E-state index contributed by atoms with van der Waals surface area (Å²) in [5.41, 5.74) is 6.33. The fourth-order valence-electron chi connectivity index (χ4n) is 5.22. The van der Waals surface area contributed by atoms with Crippen molar-refractivity contribution in [2.75, 3.05) is 51.3 Å². The zero-order valence-electron chi connectivity index (χ0n) is 21.2. The van der Waals surface area contributed by atoms with Crippen molar-refractivity contribution in [3.63, 3.8) is 0 Å². The zero-order valence-corrected chi connectivity index (χ0v) is 21.2. The molecule has 2 aliphatic rings. The fourth-order valence-corrected chi connectivity index (χ4v) is 5.22. The number of carbonyl (C=O) groups is 1. The van der Waals surface area contributed by atoms with E-state index in [2.05, 4.69) is 45.2 Å². The molecule has 0 atom stereocenters. The third kappa shape index (κ3) is 4.67. The maximum Gasteiger partial charge on any atom is 0.320 e. The minimum absolute atomic E-state index is 0.0708. The molecule has 8 nitrogen and oxygen atoms in total. The second kappa shape index (κ2) is 9.69. The van der Waals surface area contributed by atoms with E-state index in [1.54, 1.807) is 7.11 Å². The van der Waals surface area contributed by atoms with E-state index in [4.69, 9.17) is 9.47 Å². The van der Waals surface area contributed by atoms with E-state index in [9.17, 15) is 4.79 Å². The average molecular weight is 498 g/mol. The average Bonchev–Trinajstić information content (AvgIpc) is 3.18. The highest BCUT2D eigenvalue weighted by molar-refractivity contribution is 5.82. The Hall–Kier alpha value is -4.20. The molecule has 2 aliphatic heterocycles. The minimum Gasteiger partial charge on any atom is -0.497 e. The van der Waals surface area contributed by atoms with Crippen LogP contribution in [0.4, 0.5) is 10.5 Å². The zero-order chi connectivity index (χ0) is 25.4. The van der Waals surface area contributed by atoms with Crippen molar-refractivity contribution in [1.82, 2.24) is 19.8 Å². The second-order valence-corrected chi connectivity index (χ2v) is 9.60. The van der Waals surface area contributed by atoms with Gasteiger partial charge >= 0.3 is 6.03 Å². The quantitative estimate of drug-likeness (QED) is 0.445. The number of fused-ring (bicyclic) bond motifs is 2. The number of urea groups is 1. The summed E-state index contributed by atoms with van der Waals surface area (Å²) in [5.74, 6) is 2.60. The van der Waals surface area contributed by atoms with E-state index in [-0.39, 0.29) is 6.03 Å². The van der Waals surface area contributed by atoms with Crippen LogP contribution < -0.4 is 14.4 Å². The topological polar surface area (TPSA) is 73.9 Å². The van der Waals surface area contributed by atoms with Crippen LogP contribution >= 0.6 is 0 Å². The number of H-pyrrole nitrogens is 1. The van der Waals surface area contributed by atoms with Crippen LogP contribution in [-0.2, 0) is 6.54 Å². The molecule has 1 N–H and O–H groups in total. The van der Waals surface area contributed by atoms with Crippen molar-refractivity contribution >= 4 is 22.8 Å². The predicted octanol–water partition coefficient (Wildman–Crippen LogP) is 4.68. The number of nitrogens with zero attached hydrogens (tertiary/aromatic N) is 4. The molecular formula is C29H31N5O3. The lowest BCUT2D eigenvalue weighted by Gasteiger charge is -2.38. The first-order valence-corrected chi connectivity index (χ1v) is 12.7. The first-order valence-electron chi connectivity index (χ1n) is 12.7. The van der Waals surface area contributed by atoms with Crippen molar-refractivity contribution in [2.24, 2.45) is 0 Å². The summed E-state index contributed by atoms with van der Waals surface area (Å²) in [5, 5.41) is 0. The van der Waals surface area contributed by atoms with Gasteiger partial charge in [0.1, 0.15) is 23.9 Å². The highest BCUT2D eigenvalue weighted by Gasteiger charge is 2.28. The number of ether oxygens (including phenoxy) is 2. The van der Waals surface area contributed by atoms with Gasteiger partial charge in [-0.05, 0) is 54.4 Å². The lowest BCUT2D eigenvalue weighted by molar-refractivity contribution is 0.143. The van der Waals surface area contributed by atoms with Gasteiger partial charge in [-0.2, -0.15) is 0 Å². The third-order valence-corrected chi connectivity index (χ3v) is 7.21. The first kappa shape index (κ1) is 23.2. The number of amides is 2. The van der Waals surface area contributed by atoms with Gasteiger partial charge < -0.3 is 29.2 Å². The Balaban J connectivity index is 1.16. The number of anilines is 1. The molecule has 1 aromatic heterocycles. The molecule has 0 radical (unpaired) electrons. The molecular weight excluding hydrogens is 466 g/mol. The highest BCUT2D eigenvalue weighted by Crippen LogP contribution is 2.31. The summed E-state index contributed by atoms with van der Waals surface area (Å²) in [6.45, 7) is 6.50. The normalized spacial score (nSPS) is 15.8. The lowest BCUT2D eigenvalue weighted by atomic mass is 10.0. The van der Waals surface area contributed by atoms with Crippen molar-refractivity contribution < 1.29 is 14.3 Å². The van der Waals surface area contributed by atoms with E-state index in [1.807, 2.05) is 47.1 Å². The largest absolute Gasteiger partial charge is 0.497 e. The Kier molecular flexibility index (Phi) is 6.08. The Morgan fingerprint density at radius 2 is 1.76 bits per heavy atom. The number of carbonyl (C=O) groups excluding carboxylic acids is 1. The molecule has 37 heavy (non-hydrogen) atoms. The van der Waals surface area contributed by atoms with Gasteiger partial charge in [-0.3, -0.25) is 0 Å². The number of benzene rings is 3. The van der Waals surface area contributed by atoms with Gasteiger partial charge in [-0.25, -0.2) is 9.78 Å². The number of rotatable bonds is 3. The van der Waals surface area contributed by atoms with Gasteiger partial charge in [0.05, 0.1) is 31.2 Å². The molecule has 190 valence electrons. The number of aryl methyl sites for hydroxylation is 1. The number of hydrogen-bond donors (Lipinski definition) is 1. The van der Waals surface area contributed by atoms with E-state index < -0.39 is 0 Å². The molecule has 4 aromatic rings. The van der Waals surface area contributed by atoms with Crippen LogP contribution in [0.3, 0.4) is 0 Å². The third-order valence-electron chi connectivity index (χ3n) is 7.21. The van der Waals surface area contributed by atoms with E-state index in [0.29, 0.717) is 32.8 Å². The molecule has 6 rings (SSSR count). The van der Waals surface area contributed by atoms with Gasteiger partial charge in [0, 0.05) is 43.5 Å². The van der Waals surface area contributed by atoms with Crippen LogP contribution in [0.2, 0.25) is 0 Å². The van der Waals surface area contributed by atoms with Crippen molar-refractivity contribution in [1.29, 1.82) is 0 Å². The van der Waals surface area contributed by atoms with Gasteiger partial charge in [0.15, 0.2) is 0 Å². The highest BCUT2D eigenvalue weighted by atomic mass is 16.5. The molecule has 3 heterocycles. The number of aromatic amines is 1. The molecule has 0 unspecified atom stereocenters. The molecule has 1 fully saturated rings. The van der Waals surface area contributed by atoms with Crippen LogP contribution in [0, 0.1) is 6.92 Å². The number of hydrogen-bond acceptors (Lipinski definition) is 5. The predicted molar refractivity (Wildman–Crippen MR) is 144 cm³/mol. The SMILES string of the molecule is COc1cccc(N2CCN(C(=O)N3CCOc4ccc(-c5ccc6nc(C)[nH]c6c5)cc4C3)CC2)c1. The summed E-state index contributed by atoms with van der Waals surface area (Å²) >= 11 is 0. The molecule has 0 saturated carbocycles. The Bertz CT molecular complexity index is 1440. The summed E-state index contributed by atoms with van der Waals surface area (Å²) in [4.78, 5) is 27.5. The van der Waals surface area contributed by atoms with Crippen molar-refractivity contribution in [3.05, 3.63) is 72.1 Å². The fraction of sp³-hybridized carbons (Fsp3) is 0.310. The smallest absolute Gasteiger partial charge is 0.320 e. The summed E-state index contributed by atoms with van der Waals surface area (Å²) < 4.78 is 11.4. The number of aromatic nitrogens is 2. The van der Waals surface area contributed by atoms with Crippen molar-refractivity contribution in [3.8, 4) is 22.6 Å². The number of imidazole rings is 1. The second-order valence-electron chi connectivity index (χ2n) is 9.60. The molecule has 2 amide bonds. The summed E-state index contributed by atoms with van der Waals surface area (Å²) in [6.07, 6.45) is 0. The number of piperazine rings is 1. The molecule has 8 heteroatoms. The number of nitrogens with one attached hydrogen (secondary N) is 1. The molecule has 3 aromatic carbocycles. The van der Waals surface area contributed by atoms with Crippen LogP contribution in [0.5, 0.6) is 11.5 Å². The van der Waals surface area contributed by atoms with Crippen LogP contribution in [0.25, 0.3) is 22.2 Å². The van der Waals surface area contributed by atoms with Gasteiger partial charge in [-0.1, -0.05) is 18.2 Å². The van der Waals surface area contributed by atoms with Crippen LogP contribution in [-0.4, -0.2) is 72.2 Å². The van der Waals surface area contributed by atoms with Crippen LogP contribution in [0.15, 0.2) is 60.7 Å². The standard InChI is InChI=1S/C29H31N5O3/c1-20-30-26-8-6-22(17-27(26)31-20)21-7-9-28-23(16-21)19-34(14-15-37-28)29(35)33-12-10-32(11-13-33)24-4-3-5-25(18-24)36-2/h3-9,16-18H,10-15,19H2,1-2H3,(H,30,31). The van der Waals surface area contributed by atoms with Gasteiger partial charge in [0.25, 0.3) is 0 Å². The maximum absolute atomic E-state index is 13.5. The van der Waals surface area contributed by atoms with E-state index in [0.717, 1.165) is 63.8 Å². The molecule has 1 saturated heterocycles. The number of methoxy groups -OCH3 is 1. The summed E-state index contributed by atoms with van der Waals surface area (Å²) in [6, 6.07) is 20.7. The lowest BCUT2D eigenvalue weighted by Crippen LogP contribution is -2.53. The van der Waals surface area contributed by atoms with Crippen molar-refractivity contribution in [2.45, 2.75) is 13.5 Å². The van der Waals surface area contributed by atoms with Crippen LogP contribution in [0.1, 0.15) is 11.4 Å². The Morgan fingerprint density at radius 1 is 0.946 bits per heavy atom. The monoisotopic (exact) mass is 497 g/mol. The molecule has 0 aliphatic carbocycles. The van der Waals surface area contributed by atoms with E-state index >= 15 is 0 Å². The first-order chi connectivity index (χ1) is 18.1. The minimum atomic E-state index is 0.0708. The molecule has 0 bridgehead atoms. The van der Waals surface area contributed by atoms with Gasteiger partial charge in [0.2, 0.25) is 0 Å². The van der Waals surface area contributed by atoms with E-state index in [1.165, 1.54) is 0 Å². The maximum atomic E-state index is 13.5. The Labute approximate surface area is 216 Å². The van der Waals surface area contributed by atoms with Gasteiger partial charge in [-0.15, -0.1) is 0 Å². The Morgan fingerprint density at radius 3 is 2.59 bits per heavy atom.